The molecule has 0 aromatic rings. The van der Waals surface area contributed by atoms with Crippen molar-refractivity contribution in [3.63, 3.8) is 0 Å². The van der Waals surface area contributed by atoms with E-state index in [1.807, 2.05) is 0 Å². The van der Waals surface area contributed by atoms with E-state index in [-0.39, 0.29) is 0 Å². The Bertz CT molecular complexity index is 165. The molecule has 0 aliphatic heterocycles. The van der Waals surface area contributed by atoms with Gasteiger partial charge in [-0.2, -0.15) is 0 Å². The van der Waals surface area contributed by atoms with E-state index in [4.69, 9.17) is 0 Å². The van der Waals surface area contributed by atoms with Gasteiger partial charge in [0.25, 0.3) is 0 Å². The third-order valence-corrected chi connectivity index (χ3v) is 3.56. The van der Waals surface area contributed by atoms with Crippen molar-refractivity contribution in [3.05, 3.63) is 12.2 Å². The summed E-state index contributed by atoms with van der Waals surface area (Å²) in [7, 11) is 0. The summed E-state index contributed by atoms with van der Waals surface area (Å²) in [6.45, 7) is 13.2. The van der Waals surface area contributed by atoms with E-state index in [9.17, 15) is 0 Å². The second-order valence-electron chi connectivity index (χ2n) is 4.82. The fraction of sp³-hybridized carbons (Fsp3) is 0.818. The van der Waals surface area contributed by atoms with E-state index in [1.54, 1.807) is 0 Å². The average molecular weight is 152 g/mol. The molecule has 2 unspecified atom stereocenters. The van der Waals surface area contributed by atoms with E-state index in [1.165, 1.54) is 18.4 Å². The summed E-state index contributed by atoms with van der Waals surface area (Å²) in [6, 6.07) is 0. The number of allylic oxidation sites excluding steroid dienone is 1. The molecule has 0 spiro atoms. The first-order chi connectivity index (χ1) is 4.94. The van der Waals surface area contributed by atoms with E-state index in [2.05, 4.69) is 34.3 Å². The minimum atomic E-state index is 0.568. The van der Waals surface area contributed by atoms with Crippen LogP contribution in [0.3, 0.4) is 0 Å². The molecule has 1 aliphatic rings. The van der Waals surface area contributed by atoms with E-state index in [0.29, 0.717) is 5.41 Å². The van der Waals surface area contributed by atoms with Crippen LogP contribution in [0.2, 0.25) is 0 Å². The van der Waals surface area contributed by atoms with E-state index < -0.39 is 0 Å². The monoisotopic (exact) mass is 152 g/mol. The lowest BCUT2D eigenvalue weighted by Crippen LogP contribution is -2.43. The molecule has 0 radical (unpaired) electrons. The third kappa shape index (κ3) is 1.50. The maximum absolute atomic E-state index is 3.97. The Morgan fingerprint density at radius 3 is 2.36 bits per heavy atom. The van der Waals surface area contributed by atoms with Gasteiger partial charge in [-0.15, -0.1) is 6.58 Å². The lowest BCUT2D eigenvalue weighted by Gasteiger charge is -2.51. The fourth-order valence-corrected chi connectivity index (χ4v) is 2.04. The zero-order chi connectivity index (χ0) is 8.65. The largest absolute Gasteiger partial charge is 0.100 e. The van der Waals surface area contributed by atoms with Gasteiger partial charge in [-0.25, -0.2) is 0 Å². The van der Waals surface area contributed by atoms with Crippen LogP contribution in [0.4, 0.5) is 0 Å². The molecule has 0 aromatic heterocycles. The number of hydrogen-bond acceptors (Lipinski definition) is 0. The SMILES string of the molecule is C=C(C)CC1CC(C)C1(C)C. The molecular weight excluding hydrogens is 132 g/mol. The van der Waals surface area contributed by atoms with Gasteiger partial charge in [-0.1, -0.05) is 26.3 Å². The number of hydrogen-bond donors (Lipinski definition) is 0. The first kappa shape index (κ1) is 8.83. The summed E-state index contributed by atoms with van der Waals surface area (Å²) in [4.78, 5) is 0. The average Bonchev–Trinajstić information content (AvgIpc) is 1.87. The predicted octanol–water partition coefficient (Wildman–Crippen LogP) is 3.63. The maximum atomic E-state index is 3.97. The lowest BCUT2D eigenvalue weighted by atomic mass is 9.54. The van der Waals surface area contributed by atoms with Crippen LogP contribution < -0.4 is 0 Å². The van der Waals surface area contributed by atoms with Crippen LogP contribution in [-0.4, -0.2) is 0 Å². The molecule has 0 bridgehead atoms. The molecule has 1 rings (SSSR count). The van der Waals surface area contributed by atoms with Crippen molar-refractivity contribution in [1.29, 1.82) is 0 Å². The summed E-state index contributed by atoms with van der Waals surface area (Å²) >= 11 is 0. The minimum absolute atomic E-state index is 0.568. The molecule has 0 N–H and O–H groups in total. The topological polar surface area (TPSA) is 0 Å². The molecule has 1 aliphatic carbocycles. The highest BCUT2D eigenvalue weighted by Gasteiger charge is 2.44. The number of rotatable bonds is 2. The highest BCUT2D eigenvalue weighted by Crippen LogP contribution is 2.53. The standard InChI is InChI=1S/C11H20/c1-8(2)6-10-7-9(3)11(10,4)5/h9-10H,1,6-7H2,2-5H3. The van der Waals surface area contributed by atoms with Crippen LogP contribution in [0, 0.1) is 17.3 Å². The zero-order valence-electron chi connectivity index (χ0n) is 8.28. The van der Waals surface area contributed by atoms with Gasteiger partial charge in [0.05, 0.1) is 0 Å². The second-order valence-corrected chi connectivity index (χ2v) is 4.82. The van der Waals surface area contributed by atoms with Crippen molar-refractivity contribution in [2.24, 2.45) is 17.3 Å². The maximum Gasteiger partial charge on any atom is -0.0292 e. The van der Waals surface area contributed by atoms with Crippen LogP contribution in [0.25, 0.3) is 0 Å². The van der Waals surface area contributed by atoms with Crippen molar-refractivity contribution in [1.82, 2.24) is 0 Å². The summed E-state index contributed by atoms with van der Waals surface area (Å²) < 4.78 is 0. The van der Waals surface area contributed by atoms with Gasteiger partial charge in [-0.3, -0.25) is 0 Å². The molecule has 2 atom stereocenters. The Morgan fingerprint density at radius 2 is 2.09 bits per heavy atom. The van der Waals surface area contributed by atoms with Crippen LogP contribution in [0.5, 0.6) is 0 Å². The summed E-state index contributed by atoms with van der Waals surface area (Å²) in [5.41, 5.74) is 1.91. The Kier molecular flexibility index (Phi) is 2.13. The van der Waals surface area contributed by atoms with Gasteiger partial charge in [-0.05, 0) is 37.0 Å². The Hall–Kier alpha value is -0.260. The lowest BCUT2D eigenvalue weighted by molar-refractivity contribution is -0.00696. The second kappa shape index (κ2) is 2.66. The smallest absolute Gasteiger partial charge is 0.0292 e. The van der Waals surface area contributed by atoms with Crippen molar-refractivity contribution in [3.8, 4) is 0 Å². The molecule has 0 amide bonds. The summed E-state index contributed by atoms with van der Waals surface area (Å²) in [5, 5.41) is 0. The van der Waals surface area contributed by atoms with Gasteiger partial charge in [0.15, 0.2) is 0 Å². The van der Waals surface area contributed by atoms with Crippen molar-refractivity contribution in [2.75, 3.05) is 0 Å². The first-order valence-corrected chi connectivity index (χ1v) is 4.59. The van der Waals surface area contributed by atoms with Gasteiger partial charge in [0, 0.05) is 0 Å². The highest BCUT2D eigenvalue weighted by atomic mass is 14.5. The third-order valence-electron chi connectivity index (χ3n) is 3.56. The molecule has 0 heterocycles. The predicted molar refractivity (Wildman–Crippen MR) is 50.5 cm³/mol. The Morgan fingerprint density at radius 1 is 1.55 bits per heavy atom. The molecule has 0 aromatic carbocycles. The van der Waals surface area contributed by atoms with Crippen molar-refractivity contribution < 1.29 is 0 Å². The van der Waals surface area contributed by atoms with E-state index in [0.717, 1.165) is 11.8 Å². The molecule has 0 saturated heterocycles. The molecule has 11 heavy (non-hydrogen) atoms. The fourth-order valence-electron chi connectivity index (χ4n) is 2.04. The van der Waals surface area contributed by atoms with Crippen LogP contribution in [0.1, 0.15) is 40.5 Å². The quantitative estimate of drug-likeness (QED) is 0.530. The van der Waals surface area contributed by atoms with Gasteiger partial charge in [0.2, 0.25) is 0 Å². The first-order valence-electron chi connectivity index (χ1n) is 4.59. The normalized spacial score (nSPS) is 34.5. The van der Waals surface area contributed by atoms with Crippen LogP contribution >= 0.6 is 0 Å². The van der Waals surface area contributed by atoms with Gasteiger partial charge in [0.1, 0.15) is 0 Å². The van der Waals surface area contributed by atoms with Crippen LogP contribution in [-0.2, 0) is 0 Å². The minimum Gasteiger partial charge on any atom is -0.100 e. The van der Waals surface area contributed by atoms with E-state index >= 15 is 0 Å². The molecule has 0 heteroatoms. The van der Waals surface area contributed by atoms with Gasteiger partial charge < -0.3 is 0 Å². The zero-order valence-corrected chi connectivity index (χ0v) is 8.28. The summed E-state index contributed by atoms with van der Waals surface area (Å²) in [6.07, 6.45) is 2.64. The van der Waals surface area contributed by atoms with Gasteiger partial charge >= 0.3 is 0 Å². The Labute approximate surface area is 70.7 Å². The molecule has 0 nitrogen and oxygen atoms in total. The molecular formula is C11H20. The van der Waals surface area contributed by atoms with Crippen LogP contribution in [0.15, 0.2) is 12.2 Å². The summed E-state index contributed by atoms with van der Waals surface area (Å²) in [5.74, 6) is 1.81. The molecule has 1 saturated carbocycles. The Balaban J connectivity index is 2.46. The van der Waals surface area contributed by atoms with Crippen molar-refractivity contribution in [2.45, 2.75) is 40.5 Å². The molecule has 1 fully saturated rings. The molecule has 64 valence electrons. The highest BCUT2D eigenvalue weighted by molar-refractivity contribution is 5.01. The van der Waals surface area contributed by atoms with Crippen molar-refractivity contribution >= 4 is 0 Å².